The van der Waals surface area contributed by atoms with E-state index in [-0.39, 0.29) is 29.7 Å². The lowest BCUT2D eigenvalue weighted by molar-refractivity contribution is 0.0521. The molecule has 3 heterocycles. The quantitative estimate of drug-likeness (QED) is 0.576. The van der Waals surface area contributed by atoms with Gasteiger partial charge >= 0.3 is 0 Å². The topological polar surface area (TPSA) is 89.3 Å². The molecule has 0 saturated carbocycles. The van der Waals surface area contributed by atoms with Crippen molar-refractivity contribution in [1.82, 2.24) is 9.80 Å². The normalized spacial score (nSPS) is 16.8. The summed E-state index contributed by atoms with van der Waals surface area (Å²) in [4.78, 5) is 41.1. The Morgan fingerprint density at radius 3 is 2.59 bits per heavy atom. The van der Waals surface area contributed by atoms with Crippen LogP contribution in [0.5, 0.6) is 11.5 Å². The standard InChI is InChI=1S/C24H20N2O6/c1-25(12-17-14-31-20-6-2-3-7-21(20)32-17)22(27)15-8-9-18-19(11-15)24(29)26(23(18)28)13-16-5-4-10-30-16/h2-11,17H,12-14H2,1H3/t17-/m1/s1. The molecule has 162 valence electrons. The van der Waals surface area contributed by atoms with Gasteiger partial charge in [0, 0.05) is 12.6 Å². The molecular formula is C24H20N2O6. The summed E-state index contributed by atoms with van der Waals surface area (Å²) in [5.74, 6) is 0.702. The monoisotopic (exact) mass is 432 g/mol. The Hall–Kier alpha value is -4.07. The van der Waals surface area contributed by atoms with E-state index in [4.69, 9.17) is 13.9 Å². The molecule has 0 bridgehead atoms. The van der Waals surface area contributed by atoms with E-state index in [2.05, 4.69) is 0 Å². The molecule has 3 aromatic rings. The van der Waals surface area contributed by atoms with Gasteiger partial charge in [-0.2, -0.15) is 0 Å². The number of carbonyl (C=O) groups excluding carboxylic acids is 3. The summed E-state index contributed by atoms with van der Waals surface area (Å²) >= 11 is 0. The van der Waals surface area contributed by atoms with Crippen LogP contribution in [0.4, 0.5) is 0 Å². The van der Waals surface area contributed by atoms with E-state index < -0.39 is 11.8 Å². The highest BCUT2D eigenvalue weighted by atomic mass is 16.6. The van der Waals surface area contributed by atoms with E-state index in [0.717, 1.165) is 4.90 Å². The Bertz CT molecular complexity index is 1200. The van der Waals surface area contributed by atoms with Crippen LogP contribution in [0.3, 0.4) is 0 Å². The number of rotatable bonds is 5. The van der Waals surface area contributed by atoms with E-state index in [1.54, 1.807) is 25.2 Å². The molecule has 2 aromatic carbocycles. The number of hydrogen-bond acceptors (Lipinski definition) is 6. The predicted octanol–water partition coefficient (Wildman–Crippen LogP) is 2.99. The number of likely N-dealkylation sites (N-methyl/N-ethyl adjacent to an activating group) is 1. The summed E-state index contributed by atoms with van der Waals surface area (Å²) in [7, 11) is 1.66. The van der Waals surface area contributed by atoms with Crippen molar-refractivity contribution in [2.75, 3.05) is 20.2 Å². The van der Waals surface area contributed by atoms with Crippen molar-refractivity contribution in [3.63, 3.8) is 0 Å². The van der Waals surface area contributed by atoms with Crippen LogP contribution in [0.25, 0.3) is 0 Å². The van der Waals surface area contributed by atoms with Crippen molar-refractivity contribution in [2.45, 2.75) is 12.6 Å². The molecule has 1 atom stereocenters. The Balaban J connectivity index is 1.29. The van der Waals surface area contributed by atoms with Crippen LogP contribution < -0.4 is 9.47 Å². The van der Waals surface area contributed by atoms with Gasteiger partial charge in [0.2, 0.25) is 0 Å². The Morgan fingerprint density at radius 2 is 1.81 bits per heavy atom. The highest BCUT2D eigenvalue weighted by Crippen LogP contribution is 2.31. The van der Waals surface area contributed by atoms with Crippen molar-refractivity contribution in [1.29, 1.82) is 0 Å². The number of hydrogen-bond donors (Lipinski definition) is 0. The number of para-hydroxylation sites is 2. The molecule has 2 aliphatic heterocycles. The first-order valence-electron chi connectivity index (χ1n) is 10.2. The van der Waals surface area contributed by atoms with Gasteiger partial charge in [0.05, 0.1) is 30.5 Å². The molecule has 0 N–H and O–H groups in total. The minimum Gasteiger partial charge on any atom is -0.486 e. The number of fused-ring (bicyclic) bond motifs is 2. The molecule has 3 amide bonds. The number of benzene rings is 2. The number of carbonyl (C=O) groups is 3. The second kappa shape index (κ2) is 7.88. The first-order valence-corrected chi connectivity index (χ1v) is 10.2. The smallest absolute Gasteiger partial charge is 0.261 e. The van der Waals surface area contributed by atoms with Gasteiger partial charge in [0.25, 0.3) is 17.7 Å². The SMILES string of the molecule is CN(C[C@@H]1COc2ccccc2O1)C(=O)c1ccc2c(c1)C(=O)N(Cc1ccco1)C2=O. The average Bonchev–Trinajstić information content (AvgIpc) is 3.41. The van der Waals surface area contributed by atoms with Crippen LogP contribution in [-0.2, 0) is 6.54 Å². The third kappa shape index (κ3) is 3.49. The number of amides is 3. The van der Waals surface area contributed by atoms with E-state index in [1.165, 1.54) is 23.3 Å². The zero-order valence-electron chi connectivity index (χ0n) is 17.3. The maximum absolute atomic E-state index is 13.0. The molecule has 0 spiro atoms. The molecule has 32 heavy (non-hydrogen) atoms. The molecule has 0 radical (unpaired) electrons. The van der Waals surface area contributed by atoms with Crippen molar-refractivity contribution < 1.29 is 28.3 Å². The summed E-state index contributed by atoms with van der Waals surface area (Å²) in [5.41, 5.74) is 0.817. The highest BCUT2D eigenvalue weighted by Gasteiger charge is 2.36. The Labute approximate surface area is 183 Å². The summed E-state index contributed by atoms with van der Waals surface area (Å²) in [5, 5.41) is 0. The van der Waals surface area contributed by atoms with Crippen LogP contribution in [0.2, 0.25) is 0 Å². The zero-order valence-corrected chi connectivity index (χ0v) is 17.3. The number of imide groups is 1. The van der Waals surface area contributed by atoms with E-state index in [0.29, 0.717) is 36.0 Å². The molecule has 5 rings (SSSR count). The predicted molar refractivity (Wildman–Crippen MR) is 113 cm³/mol. The Kier molecular flexibility index (Phi) is 4.89. The summed E-state index contributed by atoms with van der Waals surface area (Å²) in [6.07, 6.45) is 1.17. The van der Waals surface area contributed by atoms with E-state index >= 15 is 0 Å². The molecule has 1 aromatic heterocycles. The maximum Gasteiger partial charge on any atom is 0.261 e. The lowest BCUT2D eigenvalue weighted by Crippen LogP contribution is -2.41. The van der Waals surface area contributed by atoms with Crippen molar-refractivity contribution in [2.24, 2.45) is 0 Å². The van der Waals surface area contributed by atoms with Crippen molar-refractivity contribution >= 4 is 17.7 Å². The molecule has 8 nitrogen and oxygen atoms in total. The van der Waals surface area contributed by atoms with Crippen LogP contribution in [0.15, 0.2) is 65.3 Å². The second-order valence-electron chi connectivity index (χ2n) is 7.72. The fourth-order valence-electron chi connectivity index (χ4n) is 3.89. The zero-order chi connectivity index (χ0) is 22.2. The van der Waals surface area contributed by atoms with Crippen molar-refractivity contribution in [3.05, 3.63) is 83.3 Å². The van der Waals surface area contributed by atoms with Crippen LogP contribution in [0, 0.1) is 0 Å². The number of nitrogens with zero attached hydrogens (tertiary/aromatic N) is 2. The molecule has 0 unspecified atom stereocenters. The maximum atomic E-state index is 13.0. The minimum atomic E-state index is -0.445. The highest BCUT2D eigenvalue weighted by molar-refractivity contribution is 6.22. The number of furan rings is 1. The summed E-state index contributed by atoms with van der Waals surface area (Å²) in [6, 6.07) is 15.3. The lowest BCUT2D eigenvalue weighted by atomic mass is 10.0. The van der Waals surface area contributed by atoms with Crippen LogP contribution >= 0.6 is 0 Å². The molecule has 0 saturated heterocycles. The molecular weight excluding hydrogens is 412 g/mol. The largest absolute Gasteiger partial charge is 0.486 e. The van der Waals surface area contributed by atoms with Gasteiger partial charge in [-0.15, -0.1) is 0 Å². The van der Waals surface area contributed by atoms with Gasteiger partial charge in [-0.25, -0.2) is 0 Å². The van der Waals surface area contributed by atoms with Gasteiger partial charge in [-0.3, -0.25) is 19.3 Å². The molecule has 0 fully saturated rings. The van der Waals surface area contributed by atoms with E-state index in [1.807, 2.05) is 24.3 Å². The van der Waals surface area contributed by atoms with Gasteiger partial charge in [-0.1, -0.05) is 12.1 Å². The first kappa shape index (κ1) is 19.9. The molecule has 0 aliphatic carbocycles. The molecule has 2 aliphatic rings. The lowest BCUT2D eigenvalue weighted by Gasteiger charge is -2.29. The summed E-state index contributed by atoms with van der Waals surface area (Å²) in [6.45, 7) is 0.679. The van der Waals surface area contributed by atoms with Gasteiger partial charge in [0.15, 0.2) is 17.6 Å². The first-order chi connectivity index (χ1) is 15.5. The van der Waals surface area contributed by atoms with E-state index in [9.17, 15) is 14.4 Å². The minimum absolute atomic E-state index is 0.0447. The summed E-state index contributed by atoms with van der Waals surface area (Å²) < 4.78 is 16.9. The second-order valence-corrected chi connectivity index (χ2v) is 7.72. The molecule has 8 heteroatoms. The fourth-order valence-corrected chi connectivity index (χ4v) is 3.89. The van der Waals surface area contributed by atoms with Crippen LogP contribution in [0.1, 0.15) is 36.8 Å². The van der Waals surface area contributed by atoms with Crippen LogP contribution in [-0.4, -0.2) is 53.8 Å². The van der Waals surface area contributed by atoms with Gasteiger partial charge in [0.1, 0.15) is 12.4 Å². The fraction of sp³-hybridized carbons (Fsp3) is 0.208. The average molecular weight is 432 g/mol. The third-order valence-electron chi connectivity index (χ3n) is 5.50. The van der Waals surface area contributed by atoms with Gasteiger partial charge in [-0.05, 0) is 42.5 Å². The van der Waals surface area contributed by atoms with Gasteiger partial charge < -0.3 is 18.8 Å². The third-order valence-corrected chi connectivity index (χ3v) is 5.50. The Morgan fingerprint density at radius 1 is 1.03 bits per heavy atom. The number of ether oxygens (including phenoxy) is 2. The van der Waals surface area contributed by atoms with Crippen molar-refractivity contribution in [3.8, 4) is 11.5 Å².